The summed E-state index contributed by atoms with van der Waals surface area (Å²) in [6.07, 6.45) is 0.242. The van der Waals surface area contributed by atoms with E-state index in [1.165, 1.54) is 19.0 Å². The number of urea groups is 1. The molecule has 9 nitrogen and oxygen atoms in total. The van der Waals surface area contributed by atoms with Gasteiger partial charge < -0.3 is 15.2 Å². The van der Waals surface area contributed by atoms with Crippen molar-refractivity contribution in [2.24, 2.45) is 0 Å². The molecule has 1 aliphatic heterocycles. The summed E-state index contributed by atoms with van der Waals surface area (Å²) in [7, 11) is 2.88. The molecule has 2 heterocycles. The molecule has 0 saturated carbocycles. The first-order valence-electron chi connectivity index (χ1n) is 8.17. The molecule has 0 unspecified atom stereocenters. The molecule has 9 heteroatoms. The fourth-order valence-electron chi connectivity index (χ4n) is 2.90. The number of aromatic amines is 1. The lowest BCUT2D eigenvalue weighted by Crippen LogP contribution is -2.38. The van der Waals surface area contributed by atoms with Gasteiger partial charge in [0, 0.05) is 27.1 Å². The minimum Gasteiger partial charge on any atom is -0.356 e. The third kappa shape index (κ3) is 3.28. The molecule has 1 aromatic carbocycles. The molecular formula is C17H19N5O4. The van der Waals surface area contributed by atoms with E-state index in [9.17, 15) is 19.2 Å². The number of likely N-dealkylation sites (N-methyl/N-ethyl adjacent to an activating group) is 2. The van der Waals surface area contributed by atoms with E-state index in [0.717, 1.165) is 4.90 Å². The number of fused-ring (bicyclic) bond motifs is 1. The summed E-state index contributed by atoms with van der Waals surface area (Å²) in [5.41, 5.74) is 0.369. The zero-order valence-electron chi connectivity index (χ0n) is 14.5. The molecule has 26 heavy (non-hydrogen) atoms. The van der Waals surface area contributed by atoms with E-state index in [-0.39, 0.29) is 24.4 Å². The van der Waals surface area contributed by atoms with Crippen molar-refractivity contribution in [3.8, 4) is 0 Å². The Morgan fingerprint density at radius 2 is 1.96 bits per heavy atom. The summed E-state index contributed by atoms with van der Waals surface area (Å²) in [4.78, 5) is 57.0. The monoisotopic (exact) mass is 357 g/mol. The first-order valence-corrected chi connectivity index (χ1v) is 8.17. The molecule has 0 bridgehead atoms. The third-order valence-electron chi connectivity index (χ3n) is 4.40. The average molecular weight is 357 g/mol. The quantitative estimate of drug-likeness (QED) is 0.723. The van der Waals surface area contributed by atoms with Gasteiger partial charge in [-0.15, -0.1) is 0 Å². The highest BCUT2D eigenvalue weighted by Gasteiger charge is 2.41. The minimum atomic E-state index is -0.786. The van der Waals surface area contributed by atoms with Crippen molar-refractivity contribution >= 4 is 28.7 Å². The van der Waals surface area contributed by atoms with E-state index in [4.69, 9.17) is 0 Å². The summed E-state index contributed by atoms with van der Waals surface area (Å²) in [5.74, 6) is -0.271. The topological polar surface area (TPSA) is 115 Å². The summed E-state index contributed by atoms with van der Waals surface area (Å²) >= 11 is 0. The molecule has 1 fully saturated rings. The molecule has 136 valence electrons. The highest BCUT2D eigenvalue weighted by molar-refractivity contribution is 6.05. The average Bonchev–Trinajstić information content (AvgIpc) is 2.80. The van der Waals surface area contributed by atoms with Crippen LogP contribution in [0.3, 0.4) is 0 Å². The van der Waals surface area contributed by atoms with Gasteiger partial charge in [-0.3, -0.25) is 19.3 Å². The van der Waals surface area contributed by atoms with Crippen LogP contribution in [0.4, 0.5) is 4.79 Å². The Labute approximate surface area is 149 Å². The van der Waals surface area contributed by atoms with Crippen LogP contribution in [0, 0.1) is 0 Å². The Morgan fingerprint density at radius 3 is 2.65 bits per heavy atom. The molecule has 1 atom stereocenters. The molecule has 1 aliphatic rings. The lowest BCUT2D eigenvalue weighted by molar-refractivity contribution is -0.131. The van der Waals surface area contributed by atoms with Crippen LogP contribution in [-0.4, -0.2) is 64.3 Å². The fourth-order valence-corrected chi connectivity index (χ4v) is 2.90. The van der Waals surface area contributed by atoms with Gasteiger partial charge >= 0.3 is 6.03 Å². The van der Waals surface area contributed by atoms with Gasteiger partial charge in [-0.05, 0) is 12.1 Å². The standard InChI is InChI=1S/C17H19N5O4/c1-21-12(16(25)22(2)17(21)26)9-14(23)18-8-7-13-19-11-6-4-3-5-10(11)15(24)20-13/h3-6,12H,7-9H2,1-2H3,(H,18,23)(H,19,20,24)/t12-/m0/s1. The van der Waals surface area contributed by atoms with Crippen LogP contribution in [0.1, 0.15) is 12.2 Å². The lowest BCUT2D eigenvalue weighted by Gasteiger charge is -2.15. The summed E-state index contributed by atoms with van der Waals surface area (Å²) in [5, 5.41) is 3.20. The molecule has 2 N–H and O–H groups in total. The van der Waals surface area contributed by atoms with Gasteiger partial charge in [0.1, 0.15) is 11.9 Å². The molecule has 0 radical (unpaired) electrons. The number of rotatable bonds is 5. The van der Waals surface area contributed by atoms with E-state index in [2.05, 4.69) is 15.3 Å². The number of benzene rings is 1. The molecular weight excluding hydrogens is 338 g/mol. The number of H-pyrrole nitrogens is 1. The highest BCUT2D eigenvalue weighted by Crippen LogP contribution is 2.16. The minimum absolute atomic E-state index is 0.104. The van der Waals surface area contributed by atoms with Gasteiger partial charge in [0.2, 0.25) is 5.91 Å². The normalized spacial score (nSPS) is 17.2. The zero-order valence-corrected chi connectivity index (χ0v) is 14.5. The van der Waals surface area contributed by atoms with Crippen LogP contribution in [0.15, 0.2) is 29.1 Å². The smallest absolute Gasteiger partial charge is 0.326 e. The highest BCUT2D eigenvalue weighted by atomic mass is 16.2. The van der Waals surface area contributed by atoms with Crippen LogP contribution in [0.2, 0.25) is 0 Å². The van der Waals surface area contributed by atoms with Gasteiger partial charge in [0.15, 0.2) is 0 Å². The van der Waals surface area contributed by atoms with Gasteiger partial charge in [0.25, 0.3) is 11.5 Å². The Balaban J connectivity index is 1.57. The van der Waals surface area contributed by atoms with E-state index < -0.39 is 18.0 Å². The predicted octanol–water partition coefficient (Wildman–Crippen LogP) is -0.136. The third-order valence-corrected chi connectivity index (χ3v) is 4.40. The second kappa shape index (κ2) is 6.95. The maximum Gasteiger partial charge on any atom is 0.326 e. The number of hydrogen-bond acceptors (Lipinski definition) is 5. The Bertz CT molecular complexity index is 938. The Hall–Kier alpha value is -3.23. The van der Waals surface area contributed by atoms with Crippen molar-refractivity contribution in [3.05, 3.63) is 40.4 Å². The van der Waals surface area contributed by atoms with E-state index >= 15 is 0 Å². The van der Waals surface area contributed by atoms with Gasteiger partial charge in [-0.1, -0.05) is 12.1 Å². The maximum atomic E-state index is 12.1. The second-order valence-corrected chi connectivity index (χ2v) is 6.14. The van der Waals surface area contributed by atoms with Gasteiger partial charge in [-0.25, -0.2) is 9.78 Å². The Morgan fingerprint density at radius 1 is 1.23 bits per heavy atom. The second-order valence-electron chi connectivity index (χ2n) is 6.14. The number of imide groups is 1. The SMILES string of the molecule is CN1C(=O)[C@H](CC(=O)NCCc2nc3ccccc3c(=O)[nH]2)N(C)C1=O. The summed E-state index contributed by atoms with van der Waals surface area (Å²) in [6, 6.07) is 5.80. The van der Waals surface area contributed by atoms with Crippen molar-refractivity contribution in [1.82, 2.24) is 25.1 Å². The van der Waals surface area contributed by atoms with Crippen molar-refractivity contribution < 1.29 is 14.4 Å². The number of hydrogen-bond donors (Lipinski definition) is 2. The summed E-state index contributed by atoms with van der Waals surface area (Å²) in [6.45, 7) is 0.258. The van der Waals surface area contributed by atoms with E-state index in [1.807, 2.05) is 0 Å². The first-order chi connectivity index (χ1) is 12.4. The van der Waals surface area contributed by atoms with Crippen molar-refractivity contribution in [3.63, 3.8) is 0 Å². The summed E-state index contributed by atoms with van der Waals surface area (Å²) < 4.78 is 0. The molecule has 0 aliphatic carbocycles. The number of para-hydroxylation sites is 1. The fraction of sp³-hybridized carbons (Fsp3) is 0.353. The van der Waals surface area contributed by atoms with E-state index in [0.29, 0.717) is 23.1 Å². The first kappa shape index (κ1) is 17.6. The molecule has 3 rings (SSSR count). The number of aromatic nitrogens is 2. The van der Waals surface area contributed by atoms with Crippen molar-refractivity contribution in [1.29, 1.82) is 0 Å². The number of carbonyl (C=O) groups excluding carboxylic acids is 3. The van der Waals surface area contributed by atoms with E-state index in [1.54, 1.807) is 24.3 Å². The van der Waals surface area contributed by atoms with Crippen LogP contribution in [0.5, 0.6) is 0 Å². The number of nitrogens with one attached hydrogen (secondary N) is 2. The molecule has 2 aromatic rings. The lowest BCUT2D eigenvalue weighted by atomic mass is 10.2. The number of nitrogens with zero attached hydrogens (tertiary/aromatic N) is 3. The van der Waals surface area contributed by atoms with Crippen LogP contribution < -0.4 is 10.9 Å². The largest absolute Gasteiger partial charge is 0.356 e. The predicted molar refractivity (Wildman–Crippen MR) is 93.4 cm³/mol. The zero-order chi connectivity index (χ0) is 18.8. The van der Waals surface area contributed by atoms with Crippen molar-refractivity contribution in [2.75, 3.05) is 20.6 Å². The van der Waals surface area contributed by atoms with Gasteiger partial charge in [-0.2, -0.15) is 0 Å². The van der Waals surface area contributed by atoms with Crippen LogP contribution in [-0.2, 0) is 16.0 Å². The molecule has 4 amide bonds. The molecule has 0 spiro atoms. The number of carbonyl (C=O) groups is 3. The number of amides is 4. The van der Waals surface area contributed by atoms with Crippen LogP contribution >= 0.6 is 0 Å². The molecule has 1 saturated heterocycles. The van der Waals surface area contributed by atoms with Gasteiger partial charge in [0.05, 0.1) is 17.3 Å². The van der Waals surface area contributed by atoms with Crippen LogP contribution in [0.25, 0.3) is 10.9 Å². The maximum absolute atomic E-state index is 12.1. The molecule has 1 aromatic heterocycles. The Kier molecular flexibility index (Phi) is 4.70. The van der Waals surface area contributed by atoms with Crippen molar-refractivity contribution in [2.45, 2.75) is 18.9 Å².